The first-order valence-electron chi connectivity index (χ1n) is 39.6. The topological polar surface area (TPSA) is 87.2 Å². The van der Waals surface area contributed by atoms with Crippen LogP contribution in [0.1, 0.15) is 0 Å². The normalized spacial score (nSPS) is 11.6. The molecule has 0 aliphatic rings. The van der Waals surface area contributed by atoms with Gasteiger partial charge in [0.15, 0.2) is 34.9 Å². The van der Waals surface area contributed by atoms with Gasteiger partial charge >= 0.3 is 0 Å². The summed E-state index contributed by atoms with van der Waals surface area (Å²) < 4.78 is 9.95. The first kappa shape index (κ1) is 69.5. The Balaban J connectivity index is 0.000000143. The summed E-state index contributed by atoms with van der Waals surface area (Å²) in [6.07, 6.45) is 0. The lowest BCUT2D eigenvalue weighted by Gasteiger charge is -2.15. The molecule has 6 aromatic heterocycles. The molecule has 0 amide bonds. The average Bonchev–Trinajstić information content (AvgIpc) is 1.56. The van der Waals surface area contributed by atoms with Crippen molar-refractivity contribution >= 4 is 107 Å². The van der Waals surface area contributed by atoms with Crippen LogP contribution in [0.2, 0.25) is 0 Å². The second-order valence-electron chi connectivity index (χ2n) is 29.5. The molecule has 0 radical (unpaired) electrons. The van der Waals surface area contributed by atoms with Gasteiger partial charge in [-0.05, 0) is 116 Å². The number of para-hydroxylation sites is 4. The zero-order valence-corrected chi connectivity index (χ0v) is 65.3. The standard InChI is InChI=1S/C57H36N4S.C51H32N4S/c1-5-18-37(19-6-1)41-34-42(38-20-7-2-8-21-38)36-43(35-41)56-58-55(40-24-11-4-12-25-40)59-57(60-56)49-27-14-16-31-51(49)61-50-30-15-13-26-45(50)46-32-33-48-47-29-17-28-44(39-22-9-3-10-23-39)53(47)62-54(48)52(46)61;1-4-16-33(17-5-1)36-22-14-23-37(32-36)50-52-49(35-20-8-3-9-21-35)53-51(54-50)43-25-11-13-29-45(43)55-44-28-12-10-24-39(44)40-30-31-42-41-27-15-26-38(34-18-6-2-7-19-34)47(41)56-48(42)46(40)55/h1-36H;1-32H. The number of hydrogen-bond acceptors (Lipinski definition) is 8. The number of nitrogens with zero attached hydrogens (tertiary/aromatic N) is 8. The maximum absolute atomic E-state index is 5.41. The van der Waals surface area contributed by atoms with Crippen LogP contribution in [-0.2, 0) is 0 Å². The van der Waals surface area contributed by atoms with E-state index in [1.165, 1.54) is 95.2 Å². The van der Waals surface area contributed by atoms with Crippen LogP contribution in [0, 0.1) is 0 Å². The fraction of sp³-hybridized carbons (Fsp3) is 0. The Morgan fingerprint density at radius 3 is 0.864 bits per heavy atom. The SMILES string of the molecule is c1ccc(-c2cc(-c3ccccc3)cc(-c3nc(-c4ccccc4)nc(-c4ccccc4-n4c5ccccc5c5ccc6c7cccc(-c8ccccc8)c7sc6c54)n3)c2)cc1.c1ccc(-c2cccc(-c3nc(-c4ccccc4)nc(-c4ccccc4-n4c5ccccc5c5ccc6c7cccc(-c8ccccc8)c7sc6c54)n3)c2)cc1. The van der Waals surface area contributed by atoms with Crippen molar-refractivity contribution in [3.63, 3.8) is 0 Å². The van der Waals surface area contributed by atoms with Crippen LogP contribution >= 0.6 is 22.7 Å². The van der Waals surface area contributed by atoms with Gasteiger partial charge in [0.25, 0.3) is 0 Å². The van der Waals surface area contributed by atoms with E-state index >= 15 is 0 Å². The summed E-state index contributed by atoms with van der Waals surface area (Å²) in [5, 5.41) is 9.87. The third-order valence-corrected chi connectivity index (χ3v) is 25.0. The molecule has 17 aromatic carbocycles. The molecule has 23 aromatic rings. The summed E-state index contributed by atoms with van der Waals surface area (Å²) >= 11 is 3.75. The van der Waals surface area contributed by atoms with E-state index in [0.29, 0.717) is 34.9 Å². The number of rotatable bonds is 13. The summed E-state index contributed by atoms with van der Waals surface area (Å²) in [6.45, 7) is 0. The molecule has 0 unspecified atom stereocenters. The van der Waals surface area contributed by atoms with Crippen molar-refractivity contribution < 1.29 is 0 Å². The Morgan fingerprint density at radius 1 is 0.161 bits per heavy atom. The molecule has 0 spiro atoms. The minimum Gasteiger partial charge on any atom is -0.307 e. The smallest absolute Gasteiger partial charge is 0.166 e. The van der Waals surface area contributed by atoms with Gasteiger partial charge in [-0.2, -0.15) is 0 Å². The van der Waals surface area contributed by atoms with Crippen LogP contribution in [-0.4, -0.2) is 39.0 Å². The second kappa shape index (κ2) is 29.6. The highest BCUT2D eigenvalue weighted by atomic mass is 32.1. The van der Waals surface area contributed by atoms with E-state index in [-0.39, 0.29) is 0 Å². The molecule has 10 heteroatoms. The maximum atomic E-state index is 5.41. The van der Waals surface area contributed by atoms with Crippen molar-refractivity contribution in [2.45, 2.75) is 0 Å². The highest BCUT2D eigenvalue weighted by Crippen LogP contribution is 2.50. The molecule has 0 saturated carbocycles. The number of fused-ring (bicyclic) bond motifs is 14. The summed E-state index contributed by atoms with van der Waals surface area (Å²) in [5.41, 5.74) is 23.9. The van der Waals surface area contributed by atoms with Gasteiger partial charge in [-0.1, -0.05) is 352 Å². The molecule has 552 valence electrons. The van der Waals surface area contributed by atoms with Crippen LogP contribution < -0.4 is 0 Å². The van der Waals surface area contributed by atoms with Crippen LogP contribution in [0.3, 0.4) is 0 Å². The average molecular weight is 1540 g/mol. The molecule has 0 N–H and O–H groups in total. The Labute approximate surface area is 688 Å². The van der Waals surface area contributed by atoms with E-state index < -0.39 is 0 Å². The highest BCUT2D eigenvalue weighted by Gasteiger charge is 2.26. The van der Waals surface area contributed by atoms with E-state index in [1.54, 1.807) is 0 Å². The minimum atomic E-state index is 0.608. The fourth-order valence-corrected chi connectivity index (χ4v) is 19.8. The largest absolute Gasteiger partial charge is 0.307 e. The minimum absolute atomic E-state index is 0.608. The molecule has 0 saturated heterocycles. The molecule has 118 heavy (non-hydrogen) atoms. The third kappa shape index (κ3) is 12.4. The van der Waals surface area contributed by atoms with Crippen molar-refractivity contribution in [2.24, 2.45) is 0 Å². The second-order valence-corrected chi connectivity index (χ2v) is 31.6. The van der Waals surface area contributed by atoms with Crippen molar-refractivity contribution in [1.29, 1.82) is 0 Å². The van der Waals surface area contributed by atoms with Gasteiger partial charge in [-0.25, -0.2) is 29.9 Å². The molecule has 8 nitrogen and oxygen atoms in total. The van der Waals surface area contributed by atoms with Crippen molar-refractivity contribution in [2.75, 3.05) is 0 Å². The Bertz CT molecular complexity index is 7720. The van der Waals surface area contributed by atoms with Crippen molar-refractivity contribution in [3.8, 4) is 135 Å². The zero-order valence-electron chi connectivity index (χ0n) is 63.7. The van der Waals surface area contributed by atoms with Crippen molar-refractivity contribution in [1.82, 2.24) is 39.0 Å². The van der Waals surface area contributed by atoms with E-state index in [0.717, 1.165) is 89.2 Å². The van der Waals surface area contributed by atoms with Crippen LogP contribution in [0.4, 0.5) is 0 Å². The van der Waals surface area contributed by atoms with Gasteiger partial charge in [-0.3, -0.25) is 0 Å². The molecule has 23 rings (SSSR count). The lowest BCUT2D eigenvalue weighted by molar-refractivity contribution is 1.06. The van der Waals surface area contributed by atoms with Gasteiger partial charge < -0.3 is 9.13 Å². The summed E-state index contributed by atoms with van der Waals surface area (Å²) in [5.74, 6) is 3.72. The van der Waals surface area contributed by atoms with Gasteiger partial charge in [0.1, 0.15) is 0 Å². The van der Waals surface area contributed by atoms with Crippen LogP contribution in [0.5, 0.6) is 0 Å². The van der Waals surface area contributed by atoms with Gasteiger partial charge in [0, 0.05) is 85.9 Å². The van der Waals surface area contributed by atoms with Gasteiger partial charge in [-0.15, -0.1) is 22.7 Å². The van der Waals surface area contributed by atoms with E-state index in [4.69, 9.17) is 29.9 Å². The molecule has 6 heterocycles. The lowest BCUT2D eigenvalue weighted by Crippen LogP contribution is -2.04. The summed E-state index contributed by atoms with van der Waals surface area (Å²) in [7, 11) is 0. The lowest BCUT2D eigenvalue weighted by atomic mass is 9.96. The molecule has 0 aliphatic heterocycles. The first-order valence-corrected chi connectivity index (χ1v) is 41.3. The molecule has 0 bridgehead atoms. The van der Waals surface area contributed by atoms with Crippen LogP contribution in [0.25, 0.3) is 219 Å². The van der Waals surface area contributed by atoms with Gasteiger partial charge in [0.2, 0.25) is 0 Å². The quantitative estimate of drug-likeness (QED) is 0.114. The van der Waals surface area contributed by atoms with E-state index in [1.807, 2.05) is 65.1 Å². The fourth-order valence-electron chi connectivity index (χ4n) is 17.0. The summed E-state index contributed by atoms with van der Waals surface area (Å²) in [4.78, 5) is 31.5. The summed E-state index contributed by atoms with van der Waals surface area (Å²) in [6, 6.07) is 146. The van der Waals surface area contributed by atoms with E-state index in [9.17, 15) is 0 Å². The number of thiophene rings is 2. The highest BCUT2D eigenvalue weighted by molar-refractivity contribution is 7.27. The Kier molecular flexibility index (Phi) is 17.5. The number of hydrogen-bond donors (Lipinski definition) is 0. The predicted octanol–water partition coefficient (Wildman–Crippen LogP) is 29.0. The van der Waals surface area contributed by atoms with E-state index in [2.05, 4.69) is 379 Å². The number of aromatic nitrogens is 8. The first-order chi connectivity index (χ1) is 58.5. The zero-order chi connectivity index (χ0) is 78.0. The molecule has 0 aliphatic carbocycles. The van der Waals surface area contributed by atoms with Crippen LogP contribution in [0.15, 0.2) is 413 Å². The Morgan fingerprint density at radius 2 is 0.432 bits per heavy atom. The number of benzene rings is 17. The molecule has 0 fully saturated rings. The third-order valence-electron chi connectivity index (χ3n) is 22.5. The molecular formula is C108H68N8S2. The van der Waals surface area contributed by atoms with Gasteiger partial charge in [0.05, 0.1) is 42.8 Å². The van der Waals surface area contributed by atoms with Crippen molar-refractivity contribution in [3.05, 3.63) is 413 Å². The Hall–Kier alpha value is -15.2. The predicted molar refractivity (Wildman–Crippen MR) is 494 cm³/mol. The molecule has 0 atom stereocenters. The molecular weight excluding hydrogens is 1470 g/mol. The maximum Gasteiger partial charge on any atom is 0.166 e. The monoisotopic (exact) mass is 1540 g/mol.